The third kappa shape index (κ3) is 2.54. The van der Waals surface area contributed by atoms with E-state index in [9.17, 15) is 0 Å². The topological polar surface area (TPSA) is 38.5 Å². The lowest BCUT2D eigenvalue weighted by atomic mass is 10.1. The Labute approximate surface area is 97.2 Å². The van der Waals surface area contributed by atoms with Crippen molar-refractivity contribution in [1.82, 2.24) is 0 Å². The highest BCUT2D eigenvalue weighted by molar-refractivity contribution is 5.48. The van der Waals surface area contributed by atoms with Crippen LogP contribution in [-0.4, -0.2) is 25.8 Å². The summed E-state index contributed by atoms with van der Waals surface area (Å²) < 4.78 is 5.66. The Kier molecular flexibility index (Phi) is 3.80. The number of nitrogens with zero attached hydrogens (tertiary/aromatic N) is 1. The number of morpholine rings is 1. The van der Waals surface area contributed by atoms with Crippen LogP contribution in [0.1, 0.15) is 18.9 Å². The van der Waals surface area contributed by atoms with E-state index in [1.807, 2.05) is 0 Å². The molecule has 1 heterocycles. The van der Waals surface area contributed by atoms with Crippen molar-refractivity contribution in [2.75, 3.05) is 24.6 Å². The zero-order valence-electron chi connectivity index (χ0n) is 9.86. The van der Waals surface area contributed by atoms with Crippen LogP contribution in [-0.2, 0) is 11.3 Å². The minimum Gasteiger partial charge on any atom is -0.375 e. The number of benzene rings is 1. The molecule has 3 nitrogen and oxygen atoms in total. The van der Waals surface area contributed by atoms with Crippen LogP contribution < -0.4 is 10.6 Å². The van der Waals surface area contributed by atoms with Crippen molar-refractivity contribution in [3.05, 3.63) is 29.8 Å². The highest BCUT2D eigenvalue weighted by Crippen LogP contribution is 2.19. The molecule has 0 spiro atoms. The fourth-order valence-corrected chi connectivity index (χ4v) is 2.04. The predicted molar refractivity (Wildman–Crippen MR) is 66.6 cm³/mol. The van der Waals surface area contributed by atoms with E-state index in [0.29, 0.717) is 12.6 Å². The molecule has 0 radical (unpaired) electrons. The monoisotopic (exact) mass is 220 g/mol. The van der Waals surface area contributed by atoms with Gasteiger partial charge in [0.05, 0.1) is 12.7 Å². The Morgan fingerprint density at radius 2 is 2.12 bits per heavy atom. The molecule has 88 valence electrons. The Hall–Kier alpha value is -1.06. The molecule has 1 unspecified atom stereocenters. The van der Waals surface area contributed by atoms with Crippen molar-refractivity contribution in [1.29, 1.82) is 0 Å². The lowest BCUT2D eigenvalue weighted by Crippen LogP contribution is -2.42. The van der Waals surface area contributed by atoms with Crippen molar-refractivity contribution in [2.45, 2.75) is 26.0 Å². The zero-order valence-corrected chi connectivity index (χ0v) is 9.86. The van der Waals surface area contributed by atoms with Gasteiger partial charge in [-0.3, -0.25) is 0 Å². The molecule has 1 aliphatic heterocycles. The molecular formula is C13H20N2O. The SMILES string of the molecule is CCC1CN(c2ccc(CN)cc2)CCO1. The van der Waals surface area contributed by atoms with Crippen LogP contribution in [0.2, 0.25) is 0 Å². The Morgan fingerprint density at radius 1 is 1.38 bits per heavy atom. The van der Waals surface area contributed by atoms with Crippen molar-refractivity contribution < 1.29 is 4.74 Å². The van der Waals surface area contributed by atoms with E-state index in [1.54, 1.807) is 0 Å². The van der Waals surface area contributed by atoms with Gasteiger partial charge in [-0.25, -0.2) is 0 Å². The quantitative estimate of drug-likeness (QED) is 0.843. The molecule has 0 amide bonds. The second kappa shape index (κ2) is 5.32. The lowest BCUT2D eigenvalue weighted by molar-refractivity contribution is 0.0384. The minimum atomic E-state index is 0.378. The van der Waals surface area contributed by atoms with Crippen LogP contribution in [0.15, 0.2) is 24.3 Å². The van der Waals surface area contributed by atoms with Crippen LogP contribution in [0.4, 0.5) is 5.69 Å². The molecule has 1 aromatic carbocycles. The summed E-state index contributed by atoms with van der Waals surface area (Å²) in [7, 11) is 0. The van der Waals surface area contributed by atoms with E-state index >= 15 is 0 Å². The molecule has 1 saturated heterocycles. The summed E-state index contributed by atoms with van der Waals surface area (Å²) in [5, 5.41) is 0. The molecule has 1 aliphatic rings. The number of anilines is 1. The first-order valence-corrected chi connectivity index (χ1v) is 5.99. The molecule has 0 aliphatic carbocycles. The summed E-state index contributed by atoms with van der Waals surface area (Å²) in [5.41, 5.74) is 8.05. The maximum Gasteiger partial charge on any atom is 0.0748 e. The average Bonchev–Trinajstić information content (AvgIpc) is 2.39. The van der Waals surface area contributed by atoms with Gasteiger partial charge in [0.25, 0.3) is 0 Å². The van der Waals surface area contributed by atoms with Crippen LogP contribution in [0.5, 0.6) is 0 Å². The first-order valence-electron chi connectivity index (χ1n) is 5.99. The van der Waals surface area contributed by atoms with Gasteiger partial charge in [0, 0.05) is 25.3 Å². The third-order valence-corrected chi connectivity index (χ3v) is 3.13. The number of hydrogen-bond donors (Lipinski definition) is 1. The standard InChI is InChI=1S/C13H20N2O/c1-2-13-10-15(7-8-16-13)12-5-3-11(9-14)4-6-12/h3-6,13H,2,7-10,14H2,1H3. The maximum atomic E-state index is 5.66. The maximum absolute atomic E-state index is 5.66. The summed E-state index contributed by atoms with van der Waals surface area (Å²) in [6.07, 6.45) is 1.46. The van der Waals surface area contributed by atoms with E-state index in [4.69, 9.17) is 10.5 Å². The minimum absolute atomic E-state index is 0.378. The fourth-order valence-electron chi connectivity index (χ4n) is 2.04. The van der Waals surface area contributed by atoms with Crippen LogP contribution >= 0.6 is 0 Å². The van der Waals surface area contributed by atoms with E-state index < -0.39 is 0 Å². The van der Waals surface area contributed by atoms with E-state index in [0.717, 1.165) is 26.1 Å². The smallest absolute Gasteiger partial charge is 0.0748 e. The normalized spacial score (nSPS) is 21.1. The number of rotatable bonds is 3. The van der Waals surface area contributed by atoms with E-state index in [2.05, 4.69) is 36.1 Å². The van der Waals surface area contributed by atoms with Crippen molar-refractivity contribution in [2.24, 2.45) is 5.73 Å². The van der Waals surface area contributed by atoms with Gasteiger partial charge in [0.15, 0.2) is 0 Å². The number of ether oxygens (including phenoxy) is 1. The number of nitrogens with two attached hydrogens (primary N) is 1. The van der Waals surface area contributed by atoms with Crippen molar-refractivity contribution in [3.63, 3.8) is 0 Å². The highest BCUT2D eigenvalue weighted by atomic mass is 16.5. The second-order valence-electron chi connectivity index (χ2n) is 4.22. The predicted octanol–water partition coefficient (Wildman–Crippen LogP) is 1.76. The molecule has 1 aromatic rings. The number of hydrogen-bond acceptors (Lipinski definition) is 3. The van der Waals surface area contributed by atoms with Gasteiger partial charge in [-0.1, -0.05) is 19.1 Å². The summed E-state index contributed by atoms with van der Waals surface area (Å²) in [6, 6.07) is 8.51. The highest BCUT2D eigenvalue weighted by Gasteiger charge is 2.18. The van der Waals surface area contributed by atoms with Crippen LogP contribution in [0.3, 0.4) is 0 Å². The molecule has 1 fully saturated rings. The molecular weight excluding hydrogens is 200 g/mol. The first kappa shape index (κ1) is 11.4. The Balaban J connectivity index is 2.05. The average molecular weight is 220 g/mol. The molecule has 0 aromatic heterocycles. The summed E-state index contributed by atoms with van der Waals surface area (Å²) in [5.74, 6) is 0. The molecule has 3 heteroatoms. The van der Waals surface area contributed by atoms with Crippen molar-refractivity contribution >= 4 is 5.69 Å². The van der Waals surface area contributed by atoms with Gasteiger partial charge in [0.2, 0.25) is 0 Å². The molecule has 0 saturated carbocycles. The van der Waals surface area contributed by atoms with Gasteiger partial charge in [-0.2, -0.15) is 0 Å². The molecule has 2 rings (SSSR count). The summed E-state index contributed by atoms with van der Waals surface area (Å²) in [4.78, 5) is 2.39. The van der Waals surface area contributed by atoms with Crippen molar-refractivity contribution in [3.8, 4) is 0 Å². The molecule has 1 atom stereocenters. The van der Waals surface area contributed by atoms with Crippen LogP contribution in [0, 0.1) is 0 Å². The Morgan fingerprint density at radius 3 is 2.75 bits per heavy atom. The second-order valence-corrected chi connectivity index (χ2v) is 4.22. The summed E-state index contributed by atoms with van der Waals surface area (Å²) >= 11 is 0. The summed E-state index contributed by atoms with van der Waals surface area (Å²) in [6.45, 7) is 5.60. The third-order valence-electron chi connectivity index (χ3n) is 3.13. The molecule has 0 bridgehead atoms. The zero-order chi connectivity index (χ0) is 11.4. The van der Waals surface area contributed by atoms with Crippen LogP contribution in [0.25, 0.3) is 0 Å². The van der Waals surface area contributed by atoms with E-state index in [1.165, 1.54) is 11.3 Å². The molecule has 2 N–H and O–H groups in total. The lowest BCUT2D eigenvalue weighted by Gasteiger charge is -2.34. The Bertz CT molecular complexity index is 323. The first-order chi connectivity index (χ1) is 7.83. The fraction of sp³-hybridized carbons (Fsp3) is 0.538. The van der Waals surface area contributed by atoms with Gasteiger partial charge < -0.3 is 15.4 Å². The van der Waals surface area contributed by atoms with Gasteiger partial charge in [-0.05, 0) is 24.1 Å². The molecule has 16 heavy (non-hydrogen) atoms. The van der Waals surface area contributed by atoms with Gasteiger partial charge in [-0.15, -0.1) is 0 Å². The van der Waals surface area contributed by atoms with E-state index in [-0.39, 0.29) is 0 Å². The van der Waals surface area contributed by atoms with Gasteiger partial charge >= 0.3 is 0 Å². The van der Waals surface area contributed by atoms with Gasteiger partial charge in [0.1, 0.15) is 0 Å². The largest absolute Gasteiger partial charge is 0.375 e.